The van der Waals surface area contributed by atoms with E-state index < -0.39 is 0 Å². The molecule has 0 aliphatic carbocycles. The van der Waals surface area contributed by atoms with Crippen molar-refractivity contribution in [3.8, 4) is 5.75 Å². The van der Waals surface area contributed by atoms with Crippen LogP contribution in [0.15, 0.2) is 41.7 Å². The van der Waals surface area contributed by atoms with E-state index >= 15 is 0 Å². The summed E-state index contributed by atoms with van der Waals surface area (Å²) in [4.78, 5) is 6.66. The smallest absolute Gasteiger partial charge is 0.193 e. The Hall–Kier alpha value is -1.81. The molecule has 0 radical (unpaired) electrons. The van der Waals surface area contributed by atoms with Gasteiger partial charge < -0.3 is 19.7 Å². The molecule has 1 saturated heterocycles. The molecule has 0 amide bonds. The third-order valence-corrected chi connectivity index (χ3v) is 4.57. The molecule has 0 spiro atoms. The highest BCUT2D eigenvalue weighted by Crippen LogP contribution is 2.21. The molecule has 1 fully saturated rings. The maximum Gasteiger partial charge on any atom is 0.193 e. The number of rotatable bonds is 6. The number of guanidine groups is 1. The minimum Gasteiger partial charge on any atom is -0.494 e. The van der Waals surface area contributed by atoms with Crippen molar-refractivity contribution in [3.63, 3.8) is 0 Å². The van der Waals surface area contributed by atoms with Crippen molar-refractivity contribution >= 4 is 29.9 Å². The number of hydrogen-bond acceptors (Lipinski definition) is 4. The van der Waals surface area contributed by atoms with Crippen molar-refractivity contribution in [1.82, 2.24) is 20.0 Å². The maximum atomic E-state index is 5.90. The fraction of sp³-hybridized carbons (Fsp3) is 0.500. The first-order chi connectivity index (χ1) is 13.2. The Morgan fingerprint density at radius 3 is 2.82 bits per heavy atom. The first kappa shape index (κ1) is 22.5. The molecule has 2 heterocycles. The molecule has 0 saturated carbocycles. The number of morpholine rings is 1. The van der Waals surface area contributed by atoms with Gasteiger partial charge in [-0.3, -0.25) is 9.67 Å². The van der Waals surface area contributed by atoms with Crippen molar-refractivity contribution in [1.29, 1.82) is 0 Å². The predicted molar refractivity (Wildman–Crippen MR) is 122 cm³/mol. The van der Waals surface area contributed by atoms with Crippen molar-refractivity contribution in [2.24, 2.45) is 12.0 Å². The summed E-state index contributed by atoms with van der Waals surface area (Å²) >= 11 is 0. The fourth-order valence-electron chi connectivity index (χ4n) is 3.08. The van der Waals surface area contributed by atoms with Crippen LogP contribution in [-0.4, -0.2) is 60.5 Å². The van der Waals surface area contributed by atoms with Crippen LogP contribution in [0.25, 0.3) is 0 Å². The van der Waals surface area contributed by atoms with Gasteiger partial charge in [-0.05, 0) is 25.5 Å². The van der Waals surface area contributed by atoms with E-state index in [1.807, 2.05) is 38.6 Å². The highest BCUT2D eigenvalue weighted by Gasteiger charge is 2.24. The lowest BCUT2D eigenvalue weighted by Crippen LogP contribution is -2.48. The topological polar surface area (TPSA) is 63.9 Å². The molecule has 28 heavy (non-hydrogen) atoms. The number of benzene rings is 1. The summed E-state index contributed by atoms with van der Waals surface area (Å²) in [6, 6.07) is 8.14. The lowest BCUT2D eigenvalue weighted by Gasteiger charge is -2.34. The third-order valence-electron chi connectivity index (χ3n) is 4.57. The largest absolute Gasteiger partial charge is 0.494 e. The standard InChI is InChI=1S/C20H29N5O2.HI/c1-16-5-7-18(8-6-16)26-11-4-9-22-20(21-2)25-10-12-27-19(15-25)17-13-23-24(3)14-17;/h5-8,13-14,19H,4,9-12,15H2,1-3H3,(H,21,22);1H. The summed E-state index contributed by atoms with van der Waals surface area (Å²) in [5.41, 5.74) is 2.34. The van der Waals surface area contributed by atoms with Gasteiger partial charge in [-0.1, -0.05) is 17.7 Å². The lowest BCUT2D eigenvalue weighted by molar-refractivity contribution is -0.00803. The number of halogens is 1. The van der Waals surface area contributed by atoms with E-state index in [0.29, 0.717) is 13.2 Å². The van der Waals surface area contributed by atoms with Crippen molar-refractivity contribution in [2.45, 2.75) is 19.4 Å². The highest BCUT2D eigenvalue weighted by molar-refractivity contribution is 14.0. The summed E-state index contributed by atoms with van der Waals surface area (Å²) in [6.45, 7) is 5.84. The summed E-state index contributed by atoms with van der Waals surface area (Å²) in [5, 5.41) is 7.67. The van der Waals surface area contributed by atoms with Crippen LogP contribution in [0.5, 0.6) is 5.75 Å². The molecule has 1 aliphatic heterocycles. The summed E-state index contributed by atoms with van der Waals surface area (Å²) in [5.74, 6) is 1.82. The Kier molecular flexibility index (Phi) is 9.04. The Morgan fingerprint density at radius 1 is 1.36 bits per heavy atom. The number of nitrogens with zero attached hydrogens (tertiary/aromatic N) is 4. The van der Waals surface area contributed by atoms with Gasteiger partial charge in [0, 0.05) is 38.9 Å². The predicted octanol–water partition coefficient (Wildman–Crippen LogP) is 2.76. The molecule has 3 rings (SSSR count). The van der Waals surface area contributed by atoms with Gasteiger partial charge in [-0.25, -0.2) is 0 Å². The minimum absolute atomic E-state index is 0. The molecule has 1 aromatic carbocycles. The minimum atomic E-state index is 0. The highest BCUT2D eigenvalue weighted by atomic mass is 127. The van der Waals surface area contributed by atoms with Crippen LogP contribution in [0, 0.1) is 6.92 Å². The Balaban J connectivity index is 0.00000280. The van der Waals surface area contributed by atoms with E-state index in [0.717, 1.165) is 43.3 Å². The SMILES string of the molecule is CN=C(NCCCOc1ccc(C)cc1)N1CCOC(c2cnn(C)c2)C1.I. The zero-order valence-electron chi connectivity index (χ0n) is 16.8. The maximum absolute atomic E-state index is 5.90. The molecule has 8 heteroatoms. The monoisotopic (exact) mass is 499 g/mol. The van der Waals surface area contributed by atoms with Gasteiger partial charge in [0.25, 0.3) is 0 Å². The van der Waals surface area contributed by atoms with Gasteiger partial charge in [-0.2, -0.15) is 5.10 Å². The van der Waals surface area contributed by atoms with E-state index in [1.165, 1.54) is 5.56 Å². The number of aromatic nitrogens is 2. The Morgan fingerprint density at radius 2 is 2.14 bits per heavy atom. The summed E-state index contributed by atoms with van der Waals surface area (Å²) in [6.07, 6.45) is 4.80. The second-order valence-corrected chi connectivity index (χ2v) is 6.74. The van der Waals surface area contributed by atoms with Crippen molar-refractivity contribution in [3.05, 3.63) is 47.8 Å². The first-order valence-corrected chi connectivity index (χ1v) is 9.41. The van der Waals surface area contributed by atoms with Gasteiger partial charge in [0.2, 0.25) is 0 Å². The molecular formula is C20H30IN5O2. The molecule has 1 aromatic heterocycles. The van der Waals surface area contributed by atoms with Gasteiger partial charge in [-0.15, -0.1) is 24.0 Å². The molecule has 1 atom stereocenters. The third kappa shape index (κ3) is 6.37. The average molecular weight is 499 g/mol. The van der Waals surface area contributed by atoms with E-state index in [2.05, 4.69) is 39.4 Å². The molecule has 7 nitrogen and oxygen atoms in total. The van der Waals surface area contributed by atoms with Crippen LogP contribution in [0.3, 0.4) is 0 Å². The Labute approximate surface area is 184 Å². The van der Waals surface area contributed by atoms with Crippen LogP contribution in [0.4, 0.5) is 0 Å². The average Bonchev–Trinajstić information content (AvgIpc) is 3.13. The van der Waals surface area contributed by atoms with E-state index in [9.17, 15) is 0 Å². The van der Waals surface area contributed by atoms with E-state index in [1.54, 1.807) is 4.68 Å². The Bertz CT molecular complexity index is 747. The number of ether oxygens (including phenoxy) is 2. The van der Waals surface area contributed by atoms with E-state index in [4.69, 9.17) is 9.47 Å². The zero-order chi connectivity index (χ0) is 19.1. The molecular weight excluding hydrogens is 469 g/mol. The second kappa shape index (κ2) is 11.3. The van der Waals surface area contributed by atoms with Gasteiger partial charge >= 0.3 is 0 Å². The van der Waals surface area contributed by atoms with Crippen LogP contribution < -0.4 is 10.1 Å². The van der Waals surface area contributed by atoms with Crippen molar-refractivity contribution in [2.75, 3.05) is 39.9 Å². The number of aryl methyl sites for hydroxylation is 2. The molecule has 1 unspecified atom stereocenters. The van der Waals surface area contributed by atoms with E-state index in [-0.39, 0.29) is 30.1 Å². The van der Waals surface area contributed by atoms with Gasteiger partial charge in [0.1, 0.15) is 11.9 Å². The molecule has 2 aromatic rings. The van der Waals surface area contributed by atoms with Crippen LogP contribution >= 0.6 is 24.0 Å². The fourth-order valence-corrected chi connectivity index (χ4v) is 3.08. The lowest BCUT2D eigenvalue weighted by atomic mass is 10.1. The zero-order valence-corrected chi connectivity index (χ0v) is 19.1. The summed E-state index contributed by atoms with van der Waals surface area (Å²) < 4.78 is 13.5. The number of aliphatic imine (C=N–C) groups is 1. The number of hydrogen-bond donors (Lipinski definition) is 1. The summed E-state index contributed by atoms with van der Waals surface area (Å²) in [7, 11) is 3.74. The van der Waals surface area contributed by atoms with Crippen molar-refractivity contribution < 1.29 is 9.47 Å². The van der Waals surface area contributed by atoms with Gasteiger partial charge in [0.15, 0.2) is 5.96 Å². The quantitative estimate of drug-likeness (QED) is 0.287. The molecule has 0 bridgehead atoms. The molecule has 154 valence electrons. The van der Waals surface area contributed by atoms with Crippen LogP contribution in [0.2, 0.25) is 0 Å². The molecule has 1 aliphatic rings. The normalized spacial score (nSPS) is 17.2. The van der Waals surface area contributed by atoms with Crippen LogP contribution in [0.1, 0.15) is 23.7 Å². The van der Waals surface area contributed by atoms with Crippen LogP contribution in [-0.2, 0) is 11.8 Å². The number of nitrogens with one attached hydrogen (secondary N) is 1. The van der Waals surface area contributed by atoms with Gasteiger partial charge in [0.05, 0.1) is 26.0 Å². The molecule has 1 N–H and O–H groups in total. The first-order valence-electron chi connectivity index (χ1n) is 9.41. The second-order valence-electron chi connectivity index (χ2n) is 6.74.